The average Bonchev–Trinajstić information content (AvgIpc) is 2.91. The number of nitrogens with zero attached hydrogens (tertiary/aromatic N) is 3. The average molecular weight is 340 g/mol. The minimum atomic E-state index is -0.139. The summed E-state index contributed by atoms with van der Waals surface area (Å²) >= 11 is 0. The zero-order chi connectivity index (χ0) is 18.0. The van der Waals surface area contributed by atoms with E-state index in [0.717, 1.165) is 41.3 Å². The Morgan fingerprint density at radius 1 is 1.04 bits per heavy atom. The standard InChI is InChI=1S/C19H24N4O2/c1-13-9-14(2)11-16(10-13)20-17(24)5-6-19(25)22-7-4-8-23-18(22)12-15(3)21-23/h9-12H,4-8H2,1-3H3,(H,20,24). The summed E-state index contributed by atoms with van der Waals surface area (Å²) in [6.07, 6.45) is 1.25. The largest absolute Gasteiger partial charge is 0.326 e. The summed E-state index contributed by atoms with van der Waals surface area (Å²) in [6, 6.07) is 7.84. The lowest BCUT2D eigenvalue weighted by molar-refractivity contribution is -0.122. The molecule has 1 aromatic carbocycles. The molecule has 0 unspecified atom stereocenters. The Hall–Kier alpha value is -2.63. The number of hydrogen-bond donors (Lipinski definition) is 1. The van der Waals surface area contributed by atoms with Gasteiger partial charge in [0.1, 0.15) is 5.82 Å². The third-order valence-electron chi connectivity index (χ3n) is 4.28. The van der Waals surface area contributed by atoms with Gasteiger partial charge in [-0.2, -0.15) is 5.10 Å². The summed E-state index contributed by atoms with van der Waals surface area (Å²) in [4.78, 5) is 26.5. The molecule has 2 heterocycles. The van der Waals surface area contributed by atoms with Crippen molar-refractivity contribution in [1.29, 1.82) is 0 Å². The number of aryl methyl sites for hydroxylation is 4. The van der Waals surface area contributed by atoms with Gasteiger partial charge in [-0.25, -0.2) is 4.68 Å². The van der Waals surface area contributed by atoms with Crippen LogP contribution in [0, 0.1) is 20.8 Å². The molecule has 0 aliphatic carbocycles. The zero-order valence-corrected chi connectivity index (χ0v) is 15.0. The molecule has 1 aliphatic heterocycles. The summed E-state index contributed by atoms with van der Waals surface area (Å²) in [5.41, 5.74) is 3.88. The Morgan fingerprint density at radius 3 is 2.48 bits per heavy atom. The smallest absolute Gasteiger partial charge is 0.228 e. The van der Waals surface area contributed by atoms with Gasteiger partial charge in [-0.15, -0.1) is 0 Å². The number of fused-ring (bicyclic) bond motifs is 1. The van der Waals surface area contributed by atoms with Crippen LogP contribution in [0.25, 0.3) is 0 Å². The molecular weight excluding hydrogens is 316 g/mol. The number of hydrogen-bond acceptors (Lipinski definition) is 3. The van der Waals surface area contributed by atoms with Gasteiger partial charge < -0.3 is 5.32 Å². The normalized spacial score (nSPS) is 13.5. The first kappa shape index (κ1) is 17.2. The third kappa shape index (κ3) is 4.07. The highest BCUT2D eigenvalue weighted by Crippen LogP contribution is 2.22. The molecule has 0 bridgehead atoms. The van der Waals surface area contributed by atoms with Crippen molar-refractivity contribution in [1.82, 2.24) is 9.78 Å². The number of carbonyl (C=O) groups is 2. The lowest BCUT2D eigenvalue weighted by Crippen LogP contribution is -2.37. The van der Waals surface area contributed by atoms with Crippen LogP contribution >= 0.6 is 0 Å². The van der Waals surface area contributed by atoms with Crippen molar-refractivity contribution >= 4 is 23.3 Å². The minimum absolute atomic E-state index is 0.0311. The Balaban J connectivity index is 1.58. The number of carbonyl (C=O) groups excluding carboxylic acids is 2. The van der Waals surface area contributed by atoms with Gasteiger partial charge in [0.05, 0.1) is 5.69 Å². The third-order valence-corrected chi connectivity index (χ3v) is 4.28. The van der Waals surface area contributed by atoms with E-state index in [2.05, 4.69) is 16.5 Å². The molecule has 0 atom stereocenters. The summed E-state index contributed by atoms with van der Waals surface area (Å²) in [5, 5.41) is 7.27. The van der Waals surface area contributed by atoms with Gasteiger partial charge >= 0.3 is 0 Å². The van der Waals surface area contributed by atoms with Crippen LogP contribution in [-0.4, -0.2) is 28.1 Å². The second kappa shape index (κ2) is 7.09. The van der Waals surface area contributed by atoms with Crippen molar-refractivity contribution in [2.24, 2.45) is 0 Å². The molecular formula is C19H24N4O2. The van der Waals surface area contributed by atoms with Crippen molar-refractivity contribution in [3.8, 4) is 0 Å². The number of anilines is 2. The molecule has 25 heavy (non-hydrogen) atoms. The van der Waals surface area contributed by atoms with Gasteiger partial charge in [-0.3, -0.25) is 14.5 Å². The fourth-order valence-electron chi connectivity index (χ4n) is 3.29. The monoisotopic (exact) mass is 340 g/mol. The van der Waals surface area contributed by atoms with Gasteiger partial charge in [-0.1, -0.05) is 6.07 Å². The van der Waals surface area contributed by atoms with Gasteiger partial charge in [0.25, 0.3) is 0 Å². The maximum atomic E-state index is 12.5. The lowest BCUT2D eigenvalue weighted by Gasteiger charge is -2.27. The molecule has 0 saturated heterocycles. The van der Waals surface area contributed by atoms with E-state index in [0.29, 0.717) is 6.54 Å². The highest BCUT2D eigenvalue weighted by molar-refractivity contribution is 5.97. The Labute approximate surface area is 147 Å². The van der Waals surface area contributed by atoms with Crippen molar-refractivity contribution in [2.45, 2.75) is 46.6 Å². The van der Waals surface area contributed by atoms with E-state index in [9.17, 15) is 9.59 Å². The van der Waals surface area contributed by atoms with Crippen molar-refractivity contribution in [3.05, 3.63) is 41.1 Å². The van der Waals surface area contributed by atoms with Crippen LogP contribution in [-0.2, 0) is 16.1 Å². The summed E-state index contributed by atoms with van der Waals surface area (Å²) in [5.74, 6) is 0.667. The first-order valence-electron chi connectivity index (χ1n) is 8.65. The first-order chi connectivity index (χ1) is 11.9. The van der Waals surface area contributed by atoms with E-state index in [-0.39, 0.29) is 24.7 Å². The lowest BCUT2D eigenvalue weighted by atomic mass is 10.1. The molecule has 0 saturated carbocycles. The molecule has 0 radical (unpaired) electrons. The van der Waals surface area contributed by atoms with Crippen LogP contribution < -0.4 is 10.2 Å². The molecule has 1 N–H and O–H groups in total. The molecule has 6 heteroatoms. The van der Waals surface area contributed by atoms with Gasteiger partial charge in [0.15, 0.2) is 0 Å². The molecule has 2 amide bonds. The van der Waals surface area contributed by atoms with E-state index >= 15 is 0 Å². The topological polar surface area (TPSA) is 67.2 Å². The maximum absolute atomic E-state index is 12.5. The maximum Gasteiger partial charge on any atom is 0.228 e. The summed E-state index contributed by atoms with van der Waals surface area (Å²) in [6.45, 7) is 7.43. The minimum Gasteiger partial charge on any atom is -0.326 e. The highest BCUT2D eigenvalue weighted by Gasteiger charge is 2.24. The Bertz CT molecular complexity index is 790. The Morgan fingerprint density at radius 2 is 1.76 bits per heavy atom. The van der Waals surface area contributed by atoms with E-state index in [4.69, 9.17) is 0 Å². The second-order valence-corrected chi connectivity index (χ2v) is 6.69. The number of aromatic nitrogens is 2. The van der Waals surface area contributed by atoms with Crippen molar-refractivity contribution in [2.75, 3.05) is 16.8 Å². The van der Waals surface area contributed by atoms with Crippen LogP contribution in [0.3, 0.4) is 0 Å². The molecule has 1 aromatic heterocycles. The predicted octanol–water partition coefficient (Wildman–Crippen LogP) is 2.96. The van der Waals surface area contributed by atoms with Gasteiger partial charge in [-0.05, 0) is 50.5 Å². The van der Waals surface area contributed by atoms with Crippen LogP contribution in [0.1, 0.15) is 36.1 Å². The molecule has 3 rings (SSSR count). The molecule has 0 fully saturated rings. The quantitative estimate of drug-likeness (QED) is 0.930. The van der Waals surface area contributed by atoms with E-state index < -0.39 is 0 Å². The zero-order valence-electron chi connectivity index (χ0n) is 15.0. The fraction of sp³-hybridized carbons (Fsp3) is 0.421. The first-order valence-corrected chi connectivity index (χ1v) is 8.65. The number of benzene rings is 1. The highest BCUT2D eigenvalue weighted by atomic mass is 16.2. The molecule has 1 aliphatic rings. The molecule has 0 spiro atoms. The number of amides is 2. The Kier molecular flexibility index (Phi) is 4.88. The van der Waals surface area contributed by atoms with Crippen LogP contribution in [0.2, 0.25) is 0 Å². The second-order valence-electron chi connectivity index (χ2n) is 6.69. The van der Waals surface area contributed by atoms with E-state index in [1.807, 2.05) is 43.7 Å². The number of nitrogens with one attached hydrogen (secondary N) is 1. The summed E-state index contributed by atoms with van der Waals surface area (Å²) < 4.78 is 1.87. The molecule has 132 valence electrons. The number of rotatable bonds is 4. The molecule has 2 aromatic rings. The van der Waals surface area contributed by atoms with Crippen LogP contribution in [0.15, 0.2) is 24.3 Å². The van der Waals surface area contributed by atoms with E-state index in [1.54, 1.807) is 4.90 Å². The summed E-state index contributed by atoms with van der Waals surface area (Å²) in [7, 11) is 0. The predicted molar refractivity (Wildman–Crippen MR) is 97.7 cm³/mol. The van der Waals surface area contributed by atoms with Crippen LogP contribution in [0.5, 0.6) is 0 Å². The fourth-order valence-corrected chi connectivity index (χ4v) is 3.29. The van der Waals surface area contributed by atoms with Gasteiger partial charge in [0, 0.05) is 37.7 Å². The van der Waals surface area contributed by atoms with E-state index in [1.165, 1.54) is 0 Å². The van der Waals surface area contributed by atoms with Crippen molar-refractivity contribution in [3.63, 3.8) is 0 Å². The van der Waals surface area contributed by atoms with Crippen LogP contribution in [0.4, 0.5) is 11.5 Å². The SMILES string of the molecule is Cc1cc(C)cc(NC(=O)CCC(=O)N2CCCn3nc(C)cc32)c1. The van der Waals surface area contributed by atoms with Gasteiger partial charge in [0.2, 0.25) is 11.8 Å². The molecule has 6 nitrogen and oxygen atoms in total. The van der Waals surface area contributed by atoms with Crippen molar-refractivity contribution < 1.29 is 9.59 Å².